The SMILES string of the molecule is CCOc1ccc(C(Nc2nc(C)cc(C)n2)c2c(NC(=O)c3ccco3)sc(C)c2C)cc1. The second kappa shape index (κ2) is 10.1. The molecule has 3 aromatic heterocycles. The molecule has 0 bridgehead atoms. The highest BCUT2D eigenvalue weighted by molar-refractivity contribution is 7.16. The Kier molecular flexibility index (Phi) is 6.98. The van der Waals surface area contributed by atoms with Crippen molar-refractivity contribution >= 4 is 28.2 Å². The molecule has 4 aromatic rings. The Morgan fingerprint density at radius 1 is 1.09 bits per heavy atom. The zero-order valence-electron chi connectivity index (χ0n) is 19.9. The number of rotatable bonds is 8. The Morgan fingerprint density at radius 2 is 1.79 bits per heavy atom. The topological polar surface area (TPSA) is 89.3 Å². The highest BCUT2D eigenvalue weighted by Gasteiger charge is 2.26. The number of anilines is 2. The maximum Gasteiger partial charge on any atom is 0.291 e. The number of benzene rings is 1. The molecule has 1 unspecified atom stereocenters. The number of nitrogens with one attached hydrogen (secondary N) is 2. The van der Waals surface area contributed by atoms with Crippen LogP contribution in [-0.4, -0.2) is 22.5 Å². The molecule has 0 saturated heterocycles. The molecular weight excluding hydrogens is 448 g/mol. The Labute approximate surface area is 203 Å². The number of ether oxygens (including phenoxy) is 1. The van der Waals surface area contributed by atoms with Gasteiger partial charge in [-0.05, 0) is 76.1 Å². The number of amides is 1. The van der Waals surface area contributed by atoms with Gasteiger partial charge in [-0.15, -0.1) is 11.3 Å². The smallest absolute Gasteiger partial charge is 0.291 e. The Balaban J connectivity index is 1.78. The number of furan rings is 1. The quantitative estimate of drug-likeness (QED) is 0.314. The fourth-order valence-electron chi connectivity index (χ4n) is 3.82. The van der Waals surface area contributed by atoms with Crippen LogP contribution in [0.3, 0.4) is 0 Å². The maximum atomic E-state index is 12.8. The first kappa shape index (κ1) is 23.5. The van der Waals surface area contributed by atoms with Gasteiger partial charge >= 0.3 is 0 Å². The van der Waals surface area contributed by atoms with Gasteiger partial charge in [-0.1, -0.05) is 12.1 Å². The molecule has 0 radical (unpaired) electrons. The van der Waals surface area contributed by atoms with E-state index in [0.717, 1.165) is 43.7 Å². The third-order valence-corrected chi connectivity index (χ3v) is 6.61. The molecule has 1 amide bonds. The largest absolute Gasteiger partial charge is 0.494 e. The van der Waals surface area contributed by atoms with Crippen LogP contribution in [0.4, 0.5) is 10.9 Å². The summed E-state index contributed by atoms with van der Waals surface area (Å²) in [4.78, 5) is 23.1. The van der Waals surface area contributed by atoms with E-state index in [1.807, 2.05) is 51.1 Å². The van der Waals surface area contributed by atoms with Crippen LogP contribution in [0, 0.1) is 27.7 Å². The monoisotopic (exact) mass is 476 g/mol. The summed E-state index contributed by atoms with van der Waals surface area (Å²) < 4.78 is 10.9. The van der Waals surface area contributed by atoms with Crippen LogP contribution in [-0.2, 0) is 0 Å². The molecule has 0 spiro atoms. The lowest BCUT2D eigenvalue weighted by Gasteiger charge is -2.22. The highest BCUT2D eigenvalue weighted by atomic mass is 32.1. The first-order valence-electron chi connectivity index (χ1n) is 11.1. The lowest BCUT2D eigenvalue weighted by molar-refractivity contribution is 0.0997. The first-order chi connectivity index (χ1) is 16.4. The third kappa shape index (κ3) is 5.12. The van der Waals surface area contributed by atoms with Gasteiger partial charge in [0.1, 0.15) is 10.8 Å². The number of aromatic nitrogens is 2. The minimum atomic E-state index is -0.297. The van der Waals surface area contributed by atoms with Gasteiger partial charge in [0.05, 0.1) is 18.9 Å². The number of hydrogen-bond donors (Lipinski definition) is 2. The van der Waals surface area contributed by atoms with E-state index in [1.54, 1.807) is 12.1 Å². The Hall–Kier alpha value is -3.65. The molecule has 7 nitrogen and oxygen atoms in total. The van der Waals surface area contributed by atoms with E-state index in [4.69, 9.17) is 9.15 Å². The van der Waals surface area contributed by atoms with Crippen molar-refractivity contribution in [1.82, 2.24) is 9.97 Å². The summed E-state index contributed by atoms with van der Waals surface area (Å²) in [6.45, 7) is 10.6. The zero-order valence-corrected chi connectivity index (χ0v) is 20.7. The van der Waals surface area contributed by atoms with Crippen molar-refractivity contribution in [3.05, 3.63) is 87.4 Å². The lowest BCUT2D eigenvalue weighted by Crippen LogP contribution is -2.18. The maximum absolute atomic E-state index is 12.8. The predicted octanol–water partition coefficient (Wildman–Crippen LogP) is 6.22. The summed E-state index contributed by atoms with van der Waals surface area (Å²) in [7, 11) is 0. The fraction of sp³-hybridized carbons (Fsp3) is 0.269. The van der Waals surface area contributed by atoms with Crippen LogP contribution in [0.1, 0.15) is 56.5 Å². The van der Waals surface area contributed by atoms with E-state index in [2.05, 4.69) is 34.4 Å². The number of aryl methyl sites for hydroxylation is 3. The minimum absolute atomic E-state index is 0.262. The third-order valence-electron chi connectivity index (χ3n) is 5.47. The van der Waals surface area contributed by atoms with Gasteiger partial charge in [0.25, 0.3) is 5.91 Å². The van der Waals surface area contributed by atoms with E-state index >= 15 is 0 Å². The van der Waals surface area contributed by atoms with Gasteiger partial charge in [0, 0.05) is 21.8 Å². The van der Waals surface area contributed by atoms with E-state index in [1.165, 1.54) is 17.6 Å². The van der Waals surface area contributed by atoms with E-state index in [0.29, 0.717) is 12.6 Å². The summed E-state index contributed by atoms with van der Waals surface area (Å²) in [5.41, 5.74) is 4.82. The molecule has 34 heavy (non-hydrogen) atoms. The molecule has 0 fully saturated rings. The van der Waals surface area contributed by atoms with Crippen molar-refractivity contribution in [3.8, 4) is 5.75 Å². The summed E-state index contributed by atoms with van der Waals surface area (Å²) in [5, 5.41) is 7.32. The number of thiophene rings is 1. The van der Waals surface area contributed by atoms with Crippen LogP contribution >= 0.6 is 11.3 Å². The molecule has 1 aromatic carbocycles. The van der Waals surface area contributed by atoms with Gasteiger partial charge in [-0.25, -0.2) is 9.97 Å². The molecule has 0 aliphatic carbocycles. The molecule has 3 heterocycles. The van der Waals surface area contributed by atoms with Crippen molar-refractivity contribution in [2.24, 2.45) is 0 Å². The molecule has 176 valence electrons. The van der Waals surface area contributed by atoms with Gasteiger partial charge in [0.15, 0.2) is 5.76 Å². The van der Waals surface area contributed by atoms with Crippen LogP contribution in [0.15, 0.2) is 53.1 Å². The van der Waals surface area contributed by atoms with Gasteiger partial charge in [0.2, 0.25) is 5.95 Å². The van der Waals surface area contributed by atoms with Gasteiger partial charge in [-0.3, -0.25) is 4.79 Å². The van der Waals surface area contributed by atoms with E-state index in [-0.39, 0.29) is 17.7 Å². The molecular formula is C26H28N4O3S. The summed E-state index contributed by atoms with van der Waals surface area (Å²) in [6.07, 6.45) is 1.49. The van der Waals surface area contributed by atoms with Crippen molar-refractivity contribution in [1.29, 1.82) is 0 Å². The summed E-state index contributed by atoms with van der Waals surface area (Å²) in [5.74, 6) is 1.30. The first-order valence-corrected chi connectivity index (χ1v) is 11.9. The molecule has 4 rings (SSSR count). The minimum Gasteiger partial charge on any atom is -0.494 e. The summed E-state index contributed by atoms with van der Waals surface area (Å²) in [6, 6.07) is 12.9. The second-order valence-electron chi connectivity index (χ2n) is 8.01. The predicted molar refractivity (Wildman–Crippen MR) is 135 cm³/mol. The van der Waals surface area contributed by atoms with Crippen LogP contribution < -0.4 is 15.4 Å². The van der Waals surface area contributed by atoms with Crippen molar-refractivity contribution in [3.63, 3.8) is 0 Å². The lowest BCUT2D eigenvalue weighted by atomic mass is 9.96. The van der Waals surface area contributed by atoms with Crippen LogP contribution in [0.2, 0.25) is 0 Å². The molecule has 8 heteroatoms. The van der Waals surface area contributed by atoms with E-state index in [9.17, 15) is 4.79 Å². The van der Waals surface area contributed by atoms with Crippen LogP contribution in [0.25, 0.3) is 0 Å². The molecule has 0 aliphatic rings. The highest BCUT2D eigenvalue weighted by Crippen LogP contribution is 2.41. The number of carbonyl (C=O) groups excluding carboxylic acids is 1. The number of carbonyl (C=O) groups is 1. The fourth-order valence-corrected chi connectivity index (χ4v) is 4.92. The standard InChI is InChI=1S/C26H28N4O3S/c1-6-32-20-11-9-19(10-12-20)23(29-26-27-15(2)14-16(3)28-26)22-17(4)18(5)34-25(22)30-24(31)21-8-7-13-33-21/h7-14,23H,6H2,1-5H3,(H,30,31)(H,27,28,29). The average Bonchev–Trinajstić information content (AvgIpc) is 3.42. The summed E-state index contributed by atoms with van der Waals surface area (Å²) >= 11 is 1.54. The van der Waals surface area contributed by atoms with Crippen molar-refractivity contribution < 1.29 is 13.9 Å². The number of hydrogen-bond acceptors (Lipinski definition) is 7. The average molecular weight is 477 g/mol. The molecule has 2 N–H and O–H groups in total. The van der Waals surface area contributed by atoms with Crippen molar-refractivity contribution in [2.45, 2.75) is 40.7 Å². The molecule has 1 atom stereocenters. The zero-order chi connectivity index (χ0) is 24.2. The molecule has 0 aliphatic heterocycles. The Morgan fingerprint density at radius 3 is 2.41 bits per heavy atom. The van der Waals surface area contributed by atoms with Gasteiger partial charge in [-0.2, -0.15) is 0 Å². The normalized spacial score (nSPS) is 11.8. The van der Waals surface area contributed by atoms with Gasteiger partial charge < -0.3 is 19.8 Å². The van der Waals surface area contributed by atoms with Crippen molar-refractivity contribution in [2.75, 3.05) is 17.2 Å². The van der Waals surface area contributed by atoms with Crippen LogP contribution in [0.5, 0.6) is 5.75 Å². The second-order valence-corrected chi connectivity index (χ2v) is 9.24. The molecule has 0 saturated carbocycles. The van der Waals surface area contributed by atoms with E-state index < -0.39 is 0 Å². The number of nitrogens with zero attached hydrogens (tertiary/aromatic N) is 2. The Bertz CT molecular complexity index is 1260.